The number of benzene rings is 2. The fourth-order valence-corrected chi connectivity index (χ4v) is 7.05. The van der Waals surface area contributed by atoms with E-state index in [9.17, 15) is 49.8 Å². The van der Waals surface area contributed by atoms with Gasteiger partial charge in [0.1, 0.15) is 57.9 Å². The maximum Gasteiger partial charge on any atom is 0.358 e. The van der Waals surface area contributed by atoms with Gasteiger partial charge in [-0.1, -0.05) is 0 Å². The van der Waals surface area contributed by atoms with Gasteiger partial charge in [-0.15, -0.1) is 0 Å². The second kappa shape index (κ2) is 10.2. The average Bonchev–Trinajstić information content (AvgIpc) is 3.00. The monoisotopic (exact) mass is 638 g/mol. The number of aliphatic hydroxyl groups excluding tert-OH is 4. The topological polar surface area (TPSA) is 227 Å². The van der Waals surface area contributed by atoms with E-state index in [2.05, 4.69) is 0 Å². The second-order valence-electron chi connectivity index (χ2n) is 11.6. The van der Waals surface area contributed by atoms with Gasteiger partial charge in [-0.05, 0) is 49.9 Å². The lowest BCUT2D eigenvalue weighted by Crippen LogP contribution is -2.61. The number of ether oxygens (including phenoxy) is 4. The van der Waals surface area contributed by atoms with Crippen LogP contribution in [0.5, 0.6) is 23.0 Å². The summed E-state index contributed by atoms with van der Waals surface area (Å²) in [5.74, 6) is -7.47. The molecule has 0 aromatic heterocycles. The van der Waals surface area contributed by atoms with E-state index >= 15 is 0 Å². The molecule has 6 rings (SSSR count). The van der Waals surface area contributed by atoms with E-state index in [1.807, 2.05) is 0 Å². The number of Topliss-reactive ketones (excluding diaryl/α,β-unsaturated/α-hetero) is 2. The first-order valence-corrected chi connectivity index (χ1v) is 14.3. The summed E-state index contributed by atoms with van der Waals surface area (Å²) < 4.78 is 21.8. The van der Waals surface area contributed by atoms with Crippen LogP contribution in [0.4, 0.5) is 0 Å². The van der Waals surface area contributed by atoms with Crippen LogP contribution in [0.1, 0.15) is 47.9 Å². The number of esters is 2. The van der Waals surface area contributed by atoms with Crippen molar-refractivity contribution in [2.24, 2.45) is 0 Å². The van der Waals surface area contributed by atoms with Gasteiger partial charge in [0.05, 0.1) is 25.4 Å². The number of carbonyl (C=O) groups is 4. The van der Waals surface area contributed by atoms with Crippen molar-refractivity contribution in [2.75, 3.05) is 14.2 Å². The molecule has 2 saturated carbocycles. The summed E-state index contributed by atoms with van der Waals surface area (Å²) in [6.07, 6.45) is -4.15. The Morgan fingerprint density at radius 3 is 1.74 bits per heavy atom. The first-order chi connectivity index (χ1) is 21.7. The van der Waals surface area contributed by atoms with E-state index in [1.165, 1.54) is 26.0 Å². The molecule has 2 aliphatic carbocycles. The van der Waals surface area contributed by atoms with E-state index in [0.717, 1.165) is 14.2 Å². The molecule has 6 N–H and O–H groups in total. The first-order valence-electron chi connectivity index (χ1n) is 14.3. The number of carbonyl (C=O) groups excluding carboxylic acids is 4. The fraction of sp³-hybridized carbons (Fsp3) is 0.375. The lowest BCUT2D eigenvalue weighted by atomic mass is 9.72. The molecule has 0 spiro atoms. The number of hydrogen-bond donors (Lipinski definition) is 6. The number of methoxy groups -OCH3 is 2. The van der Waals surface area contributed by atoms with Gasteiger partial charge in [-0.2, -0.15) is 0 Å². The fourth-order valence-electron chi connectivity index (χ4n) is 7.05. The second-order valence-corrected chi connectivity index (χ2v) is 11.6. The van der Waals surface area contributed by atoms with Crippen molar-refractivity contribution >= 4 is 35.0 Å². The largest absolute Gasteiger partial charge is 0.507 e. The third-order valence-corrected chi connectivity index (χ3v) is 9.16. The Labute approximate surface area is 260 Å². The molecule has 2 fully saturated rings. The molecule has 4 aliphatic rings. The predicted octanol–water partition coefficient (Wildman–Crippen LogP) is 1.98. The Kier molecular flexibility index (Phi) is 6.87. The van der Waals surface area contributed by atoms with Gasteiger partial charge < -0.3 is 49.6 Å². The minimum absolute atomic E-state index is 0.0395. The van der Waals surface area contributed by atoms with Crippen LogP contribution < -0.4 is 9.47 Å². The van der Waals surface area contributed by atoms with E-state index in [4.69, 9.17) is 18.9 Å². The number of ketones is 2. The number of fused-ring (bicyclic) bond motifs is 4. The molecule has 0 radical (unpaired) electrons. The molecule has 242 valence electrons. The summed E-state index contributed by atoms with van der Waals surface area (Å²) in [7, 11) is 2.02. The van der Waals surface area contributed by atoms with Crippen LogP contribution >= 0.6 is 0 Å². The Morgan fingerprint density at radius 1 is 0.739 bits per heavy atom. The van der Waals surface area contributed by atoms with Crippen molar-refractivity contribution in [3.05, 3.63) is 45.5 Å². The summed E-state index contributed by atoms with van der Waals surface area (Å²) in [5, 5.41) is 67.7. The Morgan fingerprint density at radius 2 is 1.22 bits per heavy atom. The third kappa shape index (κ3) is 3.70. The van der Waals surface area contributed by atoms with Crippen LogP contribution in [-0.4, -0.2) is 91.8 Å². The lowest BCUT2D eigenvalue weighted by molar-refractivity contribution is -0.170. The van der Waals surface area contributed by atoms with E-state index in [0.29, 0.717) is 0 Å². The van der Waals surface area contributed by atoms with E-state index < -0.39 is 98.0 Å². The van der Waals surface area contributed by atoms with Gasteiger partial charge in [0.15, 0.2) is 11.6 Å². The van der Waals surface area contributed by atoms with Gasteiger partial charge in [-0.25, -0.2) is 9.59 Å². The maximum atomic E-state index is 13.3. The Balaban J connectivity index is 1.68. The first kappa shape index (κ1) is 30.9. The normalized spacial score (nSPS) is 26.7. The van der Waals surface area contributed by atoms with Crippen molar-refractivity contribution < 1.29 is 68.8 Å². The van der Waals surface area contributed by atoms with Crippen LogP contribution in [0.25, 0.3) is 22.6 Å². The molecule has 4 atom stereocenters. The molecule has 14 nitrogen and oxygen atoms in total. The molecule has 2 aliphatic heterocycles. The summed E-state index contributed by atoms with van der Waals surface area (Å²) in [6.45, 7) is 3.00. The van der Waals surface area contributed by atoms with Crippen molar-refractivity contribution in [1.82, 2.24) is 0 Å². The Hall–Kier alpha value is -5.08. The van der Waals surface area contributed by atoms with Crippen LogP contribution in [-0.2, 0) is 28.7 Å². The number of aliphatic hydroxyl groups is 4. The van der Waals surface area contributed by atoms with Crippen LogP contribution in [0.2, 0.25) is 0 Å². The maximum absolute atomic E-state index is 13.3. The van der Waals surface area contributed by atoms with Gasteiger partial charge in [-0.3, -0.25) is 9.59 Å². The molecule has 0 bridgehead atoms. The standard InChI is InChI=1S/C32H30O14/c1-11-9-15(35)21-26(39)23-13(33)6-8-18(37)32(23,30(42)44-4)46-28(21)20(11)19-12(2)10-16-22(25(19)38)27(40)24-14(34)5-7-17(36)31(24,45-16)29(41)43-3/h9-10,17-18,35-40H,5-8H2,1-4H3/t17-,18-,31+,32+/m1/s1. The quantitative estimate of drug-likeness (QED) is 0.264. The molecule has 2 aromatic rings. The highest BCUT2D eigenvalue weighted by Gasteiger charge is 2.63. The number of aromatic hydroxyl groups is 2. The molecule has 2 heterocycles. The van der Waals surface area contributed by atoms with Gasteiger partial charge in [0.2, 0.25) is 0 Å². The van der Waals surface area contributed by atoms with Crippen LogP contribution in [0.15, 0.2) is 23.3 Å². The van der Waals surface area contributed by atoms with E-state index in [-0.39, 0.29) is 53.7 Å². The minimum Gasteiger partial charge on any atom is -0.507 e. The third-order valence-electron chi connectivity index (χ3n) is 9.16. The van der Waals surface area contributed by atoms with Crippen LogP contribution in [0, 0.1) is 13.8 Å². The number of phenols is 2. The number of aryl methyl sites for hydroxylation is 2. The molecule has 0 saturated heterocycles. The average molecular weight is 639 g/mol. The molecule has 14 heteroatoms. The smallest absolute Gasteiger partial charge is 0.358 e. The predicted molar refractivity (Wildman–Crippen MR) is 155 cm³/mol. The van der Waals surface area contributed by atoms with E-state index in [1.54, 1.807) is 0 Å². The zero-order chi connectivity index (χ0) is 33.6. The minimum atomic E-state index is -2.54. The zero-order valence-electron chi connectivity index (χ0n) is 25.1. The van der Waals surface area contributed by atoms with Crippen LogP contribution in [0.3, 0.4) is 0 Å². The van der Waals surface area contributed by atoms with Crippen molar-refractivity contribution in [1.29, 1.82) is 0 Å². The van der Waals surface area contributed by atoms with Crippen molar-refractivity contribution in [3.8, 4) is 34.1 Å². The number of phenolic OH excluding ortho intramolecular Hbond substituents is 2. The zero-order valence-corrected chi connectivity index (χ0v) is 25.1. The summed E-state index contributed by atoms with van der Waals surface area (Å²) in [5.41, 5.74) is -6.73. The summed E-state index contributed by atoms with van der Waals surface area (Å²) in [6, 6.07) is 2.52. The highest BCUT2D eigenvalue weighted by atomic mass is 16.6. The SMILES string of the molecule is COC(=O)[C@@]12Oc3cc(C)c(-c4c(C)cc(O)c5c4O[C@]4(C(=O)OC)C(=C5O)C(=O)CC[C@H]4O)c(O)c3C(O)=C1C(=O)CC[C@H]2O. The highest BCUT2D eigenvalue weighted by molar-refractivity contribution is 6.14. The highest BCUT2D eigenvalue weighted by Crippen LogP contribution is 2.57. The van der Waals surface area contributed by atoms with Crippen molar-refractivity contribution in [2.45, 2.75) is 62.9 Å². The van der Waals surface area contributed by atoms with Gasteiger partial charge >= 0.3 is 11.9 Å². The number of hydrogen-bond acceptors (Lipinski definition) is 14. The Bertz CT molecular complexity index is 1850. The molecular weight excluding hydrogens is 608 g/mol. The molecule has 2 aromatic carbocycles. The van der Waals surface area contributed by atoms with Crippen molar-refractivity contribution in [3.63, 3.8) is 0 Å². The number of rotatable bonds is 3. The lowest BCUT2D eigenvalue weighted by Gasteiger charge is -2.44. The summed E-state index contributed by atoms with van der Waals surface area (Å²) >= 11 is 0. The van der Waals surface area contributed by atoms with Gasteiger partial charge in [0, 0.05) is 24.0 Å². The summed E-state index contributed by atoms with van der Waals surface area (Å²) in [4.78, 5) is 52.4. The van der Waals surface area contributed by atoms with Gasteiger partial charge in [0.25, 0.3) is 11.2 Å². The molecule has 0 unspecified atom stereocenters. The molecular formula is C32H30O14. The molecule has 46 heavy (non-hydrogen) atoms. The molecule has 0 amide bonds.